The van der Waals surface area contributed by atoms with E-state index in [9.17, 15) is 0 Å². The van der Waals surface area contributed by atoms with Crippen molar-refractivity contribution in [3.63, 3.8) is 0 Å². The molecule has 0 aliphatic carbocycles. The van der Waals surface area contributed by atoms with Crippen LogP contribution in [-0.2, 0) is 17.9 Å². The van der Waals surface area contributed by atoms with Crippen molar-refractivity contribution >= 4 is 0 Å². The van der Waals surface area contributed by atoms with Crippen LogP contribution in [0.3, 0.4) is 0 Å². The molecule has 3 heteroatoms. The van der Waals surface area contributed by atoms with Crippen LogP contribution in [0.25, 0.3) is 0 Å². The van der Waals surface area contributed by atoms with Gasteiger partial charge in [0.25, 0.3) is 0 Å². The maximum atomic E-state index is 5.19. The highest BCUT2D eigenvalue weighted by Crippen LogP contribution is 2.18. The fourth-order valence-corrected chi connectivity index (χ4v) is 2.88. The molecule has 2 rings (SSSR count). The van der Waals surface area contributed by atoms with Gasteiger partial charge in [0.2, 0.25) is 0 Å². The largest absolute Gasteiger partial charge is 0.380 e. The van der Waals surface area contributed by atoms with Gasteiger partial charge in [-0.1, -0.05) is 24.3 Å². The summed E-state index contributed by atoms with van der Waals surface area (Å²) in [6, 6.07) is 8.76. The Hall–Kier alpha value is -0.900. The van der Waals surface area contributed by atoms with Crippen LogP contribution in [0.15, 0.2) is 24.3 Å². The SMILES string of the molecule is CNCC1CCN(Cc2cccc(COC)c2)CC1. The lowest BCUT2D eigenvalue weighted by Gasteiger charge is -2.32. The summed E-state index contributed by atoms with van der Waals surface area (Å²) in [5.41, 5.74) is 2.67. The molecule has 0 spiro atoms. The van der Waals surface area contributed by atoms with Crippen molar-refractivity contribution in [2.24, 2.45) is 5.92 Å². The highest BCUT2D eigenvalue weighted by molar-refractivity contribution is 5.23. The maximum absolute atomic E-state index is 5.19. The minimum Gasteiger partial charge on any atom is -0.380 e. The number of nitrogens with one attached hydrogen (secondary N) is 1. The molecule has 0 atom stereocenters. The third-order valence-electron chi connectivity index (χ3n) is 3.91. The topological polar surface area (TPSA) is 24.5 Å². The first-order chi connectivity index (χ1) is 9.31. The Bertz CT molecular complexity index is 373. The normalized spacial score (nSPS) is 17.8. The van der Waals surface area contributed by atoms with E-state index in [1.54, 1.807) is 7.11 Å². The van der Waals surface area contributed by atoms with Gasteiger partial charge in [-0.15, -0.1) is 0 Å². The monoisotopic (exact) mass is 262 g/mol. The molecule has 1 saturated heterocycles. The van der Waals surface area contributed by atoms with Gasteiger partial charge in [0.1, 0.15) is 0 Å². The van der Waals surface area contributed by atoms with E-state index < -0.39 is 0 Å². The van der Waals surface area contributed by atoms with Crippen molar-refractivity contribution < 1.29 is 4.74 Å². The van der Waals surface area contributed by atoms with Gasteiger partial charge in [-0.25, -0.2) is 0 Å². The van der Waals surface area contributed by atoms with Crippen molar-refractivity contribution in [2.45, 2.75) is 26.0 Å². The van der Waals surface area contributed by atoms with E-state index in [1.165, 1.54) is 37.1 Å². The lowest BCUT2D eigenvalue weighted by atomic mass is 9.96. The summed E-state index contributed by atoms with van der Waals surface area (Å²) in [4.78, 5) is 2.57. The first-order valence-corrected chi connectivity index (χ1v) is 7.25. The van der Waals surface area contributed by atoms with E-state index in [-0.39, 0.29) is 0 Å². The first kappa shape index (κ1) is 14.5. The van der Waals surface area contributed by atoms with E-state index in [1.807, 2.05) is 7.05 Å². The minimum atomic E-state index is 0.706. The van der Waals surface area contributed by atoms with Crippen molar-refractivity contribution in [1.29, 1.82) is 0 Å². The average molecular weight is 262 g/mol. The van der Waals surface area contributed by atoms with Crippen LogP contribution in [0.2, 0.25) is 0 Å². The number of methoxy groups -OCH3 is 1. The Morgan fingerprint density at radius 2 is 2.00 bits per heavy atom. The molecular weight excluding hydrogens is 236 g/mol. The molecule has 1 fully saturated rings. The highest BCUT2D eigenvalue weighted by Gasteiger charge is 2.18. The predicted molar refractivity (Wildman–Crippen MR) is 79.1 cm³/mol. The number of hydrogen-bond acceptors (Lipinski definition) is 3. The van der Waals surface area contributed by atoms with E-state index >= 15 is 0 Å². The Balaban J connectivity index is 1.83. The van der Waals surface area contributed by atoms with E-state index in [4.69, 9.17) is 4.74 Å². The standard InChI is InChI=1S/C16H26N2O/c1-17-11-14-6-8-18(9-7-14)12-15-4-3-5-16(10-15)13-19-2/h3-5,10,14,17H,6-9,11-13H2,1-2H3. The highest BCUT2D eigenvalue weighted by atomic mass is 16.5. The zero-order valence-electron chi connectivity index (χ0n) is 12.2. The van der Waals surface area contributed by atoms with Crippen LogP contribution in [0.1, 0.15) is 24.0 Å². The van der Waals surface area contributed by atoms with Gasteiger partial charge in [-0.05, 0) is 56.6 Å². The van der Waals surface area contributed by atoms with Gasteiger partial charge >= 0.3 is 0 Å². The summed E-state index contributed by atoms with van der Waals surface area (Å²) in [6.45, 7) is 5.39. The van der Waals surface area contributed by atoms with Crippen LogP contribution in [-0.4, -0.2) is 38.7 Å². The number of ether oxygens (including phenoxy) is 1. The number of piperidine rings is 1. The van der Waals surface area contributed by atoms with E-state index in [0.717, 1.165) is 19.0 Å². The van der Waals surface area contributed by atoms with E-state index in [2.05, 4.69) is 34.5 Å². The lowest BCUT2D eigenvalue weighted by Crippen LogP contribution is -2.36. The van der Waals surface area contributed by atoms with Gasteiger partial charge in [0.05, 0.1) is 6.61 Å². The summed E-state index contributed by atoms with van der Waals surface area (Å²) in [5, 5.41) is 3.29. The summed E-state index contributed by atoms with van der Waals surface area (Å²) in [7, 11) is 3.80. The molecule has 1 N–H and O–H groups in total. The molecule has 0 saturated carbocycles. The Morgan fingerprint density at radius 3 is 2.68 bits per heavy atom. The molecule has 1 heterocycles. The Morgan fingerprint density at radius 1 is 1.26 bits per heavy atom. The lowest BCUT2D eigenvalue weighted by molar-refractivity contribution is 0.175. The minimum absolute atomic E-state index is 0.706. The summed E-state index contributed by atoms with van der Waals surface area (Å²) in [6.07, 6.45) is 2.64. The maximum Gasteiger partial charge on any atom is 0.0713 e. The van der Waals surface area contributed by atoms with Crippen LogP contribution in [0.5, 0.6) is 0 Å². The third kappa shape index (κ3) is 4.60. The van der Waals surface area contributed by atoms with Crippen molar-refractivity contribution in [3.05, 3.63) is 35.4 Å². The number of hydrogen-bond donors (Lipinski definition) is 1. The smallest absolute Gasteiger partial charge is 0.0713 e. The van der Waals surface area contributed by atoms with Gasteiger partial charge in [-0.3, -0.25) is 4.90 Å². The Labute approximate surface area is 116 Å². The van der Waals surface area contributed by atoms with Crippen LogP contribution in [0, 0.1) is 5.92 Å². The van der Waals surface area contributed by atoms with E-state index in [0.29, 0.717) is 6.61 Å². The second kappa shape index (κ2) is 7.63. The van der Waals surface area contributed by atoms with Crippen LogP contribution in [0.4, 0.5) is 0 Å². The average Bonchev–Trinajstić information content (AvgIpc) is 2.42. The van der Waals surface area contributed by atoms with Crippen molar-refractivity contribution in [1.82, 2.24) is 10.2 Å². The fraction of sp³-hybridized carbons (Fsp3) is 0.625. The number of benzene rings is 1. The van der Waals surface area contributed by atoms with Gasteiger partial charge in [0.15, 0.2) is 0 Å². The molecule has 0 amide bonds. The molecule has 3 nitrogen and oxygen atoms in total. The van der Waals surface area contributed by atoms with Crippen LogP contribution >= 0.6 is 0 Å². The molecule has 1 aliphatic rings. The molecule has 0 unspecified atom stereocenters. The van der Waals surface area contributed by atoms with Crippen molar-refractivity contribution in [3.8, 4) is 0 Å². The zero-order valence-corrected chi connectivity index (χ0v) is 12.2. The molecular formula is C16H26N2O. The molecule has 19 heavy (non-hydrogen) atoms. The predicted octanol–water partition coefficient (Wildman–Crippen LogP) is 2.26. The van der Waals surface area contributed by atoms with Crippen LogP contribution < -0.4 is 5.32 Å². The molecule has 1 aromatic carbocycles. The number of likely N-dealkylation sites (tertiary alicyclic amines) is 1. The molecule has 0 radical (unpaired) electrons. The van der Waals surface area contributed by atoms with Gasteiger partial charge < -0.3 is 10.1 Å². The molecule has 1 aliphatic heterocycles. The summed E-state index contributed by atoms with van der Waals surface area (Å²) in [5.74, 6) is 0.862. The van der Waals surface area contributed by atoms with Crippen molar-refractivity contribution in [2.75, 3.05) is 33.8 Å². The quantitative estimate of drug-likeness (QED) is 0.851. The molecule has 106 valence electrons. The molecule has 1 aromatic rings. The second-order valence-corrected chi connectivity index (χ2v) is 5.53. The van der Waals surface area contributed by atoms with Gasteiger partial charge in [0, 0.05) is 13.7 Å². The first-order valence-electron chi connectivity index (χ1n) is 7.25. The van der Waals surface area contributed by atoms with Gasteiger partial charge in [-0.2, -0.15) is 0 Å². The second-order valence-electron chi connectivity index (χ2n) is 5.53. The summed E-state index contributed by atoms with van der Waals surface area (Å²) < 4.78 is 5.19. The number of rotatable bonds is 6. The Kier molecular flexibility index (Phi) is 5.83. The summed E-state index contributed by atoms with van der Waals surface area (Å²) >= 11 is 0. The number of nitrogens with zero attached hydrogens (tertiary/aromatic N) is 1. The molecule has 0 bridgehead atoms. The zero-order chi connectivity index (χ0) is 13.5. The molecule has 0 aromatic heterocycles. The third-order valence-corrected chi connectivity index (χ3v) is 3.91. The fourth-order valence-electron chi connectivity index (χ4n) is 2.88.